The summed E-state index contributed by atoms with van der Waals surface area (Å²) < 4.78 is 38.9. The summed E-state index contributed by atoms with van der Waals surface area (Å²) in [7, 11) is 0. The highest BCUT2D eigenvalue weighted by atomic mass is 19.4. The number of rotatable bonds is 1. The Bertz CT molecular complexity index is 607. The SMILES string of the molecule is NC1CCN(c2ccc3nnc(C(F)(F)F)n3n2)C1. The van der Waals surface area contributed by atoms with E-state index in [9.17, 15) is 13.2 Å². The Morgan fingerprint density at radius 3 is 2.68 bits per heavy atom. The fourth-order valence-corrected chi connectivity index (χ4v) is 2.12. The van der Waals surface area contributed by atoms with Crippen LogP contribution in [0.4, 0.5) is 19.0 Å². The maximum Gasteiger partial charge on any atom is 0.453 e. The molecule has 0 aliphatic carbocycles. The van der Waals surface area contributed by atoms with Gasteiger partial charge in [0.15, 0.2) is 5.65 Å². The molecule has 0 radical (unpaired) electrons. The van der Waals surface area contributed by atoms with E-state index in [4.69, 9.17) is 5.73 Å². The molecule has 1 aliphatic rings. The van der Waals surface area contributed by atoms with Gasteiger partial charge >= 0.3 is 6.18 Å². The average molecular weight is 272 g/mol. The molecule has 0 spiro atoms. The van der Waals surface area contributed by atoms with Crippen molar-refractivity contribution in [1.29, 1.82) is 0 Å². The van der Waals surface area contributed by atoms with Crippen molar-refractivity contribution in [2.24, 2.45) is 5.73 Å². The van der Waals surface area contributed by atoms with E-state index in [0.717, 1.165) is 10.9 Å². The first-order chi connectivity index (χ1) is 8.95. The zero-order valence-corrected chi connectivity index (χ0v) is 9.80. The molecule has 2 aromatic rings. The molecule has 2 aromatic heterocycles. The van der Waals surface area contributed by atoms with E-state index >= 15 is 0 Å². The minimum atomic E-state index is -4.58. The highest BCUT2D eigenvalue weighted by molar-refractivity contribution is 5.46. The minimum absolute atomic E-state index is 0.0282. The third-order valence-electron chi connectivity index (χ3n) is 3.05. The molecule has 2 N–H and O–H groups in total. The van der Waals surface area contributed by atoms with Crippen molar-refractivity contribution in [2.45, 2.75) is 18.6 Å². The number of nitrogens with two attached hydrogens (primary N) is 1. The molecule has 3 heterocycles. The van der Waals surface area contributed by atoms with Gasteiger partial charge in [-0.15, -0.1) is 15.3 Å². The third kappa shape index (κ3) is 2.09. The van der Waals surface area contributed by atoms with Crippen molar-refractivity contribution in [3.63, 3.8) is 0 Å². The Morgan fingerprint density at radius 2 is 2.05 bits per heavy atom. The molecule has 0 aromatic carbocycles. The Hall–Kier alpha value is -1.90. The zero-order valence-electron chi connectivity index (χ0n) is 9.80. The smallest absolute Gasteiger partial charge is 0.354 e. The number of nitrogens with zero attached hydrogens (tertiary/aromatic N) is 5. The molecule has 9 heteroatoms. The van der Waals surface area contributed by atoms with Crippen LogP contribution in [-0.4, -0.2) is 38.9 Å². The summed E-state index contributed by atoms with van der Waals surface area (Å²) in [6.45, 7) is 1.27. The van der Waals surface area contributed by atoms with Crippen LogP contribution < -0.4 is 10.6 Å². The Morgan fingerprint density at radius 1 is 1.26 bits per heavy atom. The second-order valence-electron chi connectivity index (χ2n) is 4.48. The van der Waals surface area contributed by atoms with Crippen LogP contribution in [0, 0.1) is 0 Å². The number of halogens is 3. The summed E-state index contributed by atoms with van der Waals surface area (Å²) in [5.74, 6) is -0.668. The second kappa shape index (κ2) is 4.05. The molecular formula is C10H11F3N6. The van der Waals surface area contributed by atoms with Crippen LogP contribution in [-0.2, 0) is 6.18 Å². The van der Waals surface area contributed by atoms with Crippen LogP contribution in [0.15, 0.2) is 12.1 Å². The second-order valence-corrected chi connectivity index (χ2v) is 4.48. The molecule has 1 aliphatic heterocycles. The molecule has 1 atom stereocenters. The first-order valence-electron chi connectivity index (χ1n) is 5.75. The van der Waals surface area contributed by atoms with E-state index in [1.807, 2.05) is 4.90 Å². The Kier molecular flexibility index (Phi) is 2.59. The maximum absolute atomic E-state index is 12.7. The van der Waals surface area contributed by atoms with Gasteiger partial charge in [0.1, 0.15) is 5.82 Å². The Labute approximate surface area is 106 Å². The van der Waals surface area contributed by atoms with Crippen LogP contribution >= 0.6 is 0 Å². The Balaban J connectivity index is 2.04. The lowest BCUT2D eigenvalue weighted by Gasteiger charge is -2.16. The molecule has 0 bridgehead atoms. The molecule has 1 unspecified atom stereocenters. The largest absolute Gasteiger partial charge is 0.453 e. The number of hydrogen-bond acceptors (Lipinski definition) is 5. The number of fused-ring (bicyclic) bond motifs is 1. The lowest BCUT2D eigenvalue weighted by atomic mass is 10.3. The maximum atomic E-state index is 12.7. The highest BCUT2D eigenvalue weighted by Gasteiger charge is 2.37. The molecule has 6 nitrogen and oxygen atoms in total. The molecule has 0 saturated carbocycles. The first-order valence-corrected chi connectivity index (χ1v) is 5.75. The lowest BCUT2D eigenvalue weighted by molar-refractivity contribution is -0.146. The molecule has 19 heavy (non-hydrogen) atoms. The number of anilines is 1. The van der Waals surface area contributed by atoms with Crippen molar-refractivity contribution < 1.29 is 13.2 Å². The first kappa shape index (κ1) is 12.2. The number of hydrogen-bond donors (Lipinski definition) is 1. The monoisotopic (exact) mass is 272 g/mol. The summed E-state index contributed by atoms with van der Waals surface area (Å²) in [6, 6.07) is 3.12. The van der Waals surface area contributed by atoms with Gasteiger partial charge in [-0.3, -0.25) is 0 Å². The van der Waals surface area contributed by atoms with Gasteiger partial charge in [-0.1, -0.05) is 0 Å². The van der Waals surface area contributed by atoms with Crippen LogP contribution in [0.5, 0.6) is 0 Å². The van der Waals surface area contributed by atoms with Gasteiger partial charge in [0.05, 0.1) is 0 Å². The number of alkyl halides is 3. The van der Waals surface area contributed by atoms with Crippen molar-refractivity contribution >= 4 is 11.5 Å². The van der Waals surface area contributed by atoms with Gasteiger partial charge in [0.2, 0.25) is 0 Å². The minimum Gasteiger partial charge on any atom is -0.354 e. The van der Waals surface area contributed by atoms with Gasteiger partial charge in [-0.05, 0) is 18.6 Å². The lowest BCUT2D eigenvalue weighted by Crippen LogP contribution is -2.27. The highest BCUT2D eigenvalue weighted by Crippen LogP contribution is 2.28. The van der Waals surface area contributed by atoms with Crippen LogP contribution in [0.3, 0.4) is 0 Å². The van der Waals surface area contributed by atoms with Crippen LogP contribution in [0.2, 0.25) is 0 Å². The van der Waals surface area contributed by atoms with E-state index < -0.39 is 12.0 Å². The fourth-order valence-electron chi connectivity index (χ4n) is 2.12. The summed E-state index contributed by atoms with van der Waals surface area (Å²) in [5, 5.41) is 10.5. The van der Waals surface area contributed by atoms with Crippen molar-refractivity contribution in [1.82, 2.24) is 19.8 Å². The summed E-state index contributed by atoms with van der Waals surface area (Å²) in [6.07, 6.45) is -3.78. The molecule has 0 amide bonds. The average Bonchev–Trinajstić information content (AvgIpc) is 2.92. The van der Waals surface area contributed by atoms with Gasteiger partial charge < -0.3 is 10.6 Å². The van der Waals surface area contributed by atoms with Crippen molar-refractivity contribution in [3.8, 4) is 0 Å². The van der Waals surface area contributed by atoms with Gasteiger partial charge in [-0.2, -0.15) is 17.7 Å². The summed E-state index contributed by atoms with van der Waals surface area (Å²) in [4.78, 5) is 1.85. The molecule has 1 fully saturated rings. The molecule has 1 saturated heterocycles. The quantitative estimate of drug-likeness (QED) is 0.826. The van der Waals surface area contributed by atoms with Crippen LogP contribution in [0.25, 0.3) is 5.65 Å². The molecular weight excluding hydrogens is 261 g/mol. The predicted molar refractivity (Wildman–Crippen MR) is 60.6 cm³/mol. The van der Waals surface area contributed by atoms with E-state index in [-0.39, 0.29) is 11.7 Å². The van der Waals surface area contributed by atoms with Gasteiger partial charge in [-0.25, -0.2) is 0 Å². The van der Waals surface area contributed by atoms with Gasteiger partial charge in [0, 0.05) is 19.1 Å². The zero-order chi connectivity index (χ0) is 13.6. The van der Waals surface area contributed by atoms with Crippen molar-refractivity contribution in [3.05, 3.63) is 18.0 Å². The normalized spacial score (nSPS) is 20.4. The van der Waals surface area contributed by atoms with E-state index in [0.29, 0.717) is 18.9 Å². The van der Waals surface area contributed by atoms with E-state index in [1.54, 1.807) is 6.07 Å². The third-order valence-corrected chi connectivity index (χ3v) is 3.05. The summed E-state index contributed by atoms with van der Waals surface area (Å²) in [5.41, 5.74) is 5.84. The van der Waals surface area contributed by atoms with E-state index in [1.165, 1.54) is 6.07 Å². The van der Waals surface area contributed by atoms with E-state index in [2.05, 4.69) is 15.3 Å². The topological polar surface area (TPSA) is 72.3 Å². The van der Waals surface area contributed by atoms with Gasteiger partial charge in [0.25, 0.3) is 5.82 Å². The number of aromatic nitrogens is 4. The van der Waals surface area contributed by atoms with Crippen molar-refractivity contribution in [2.75, 3.05) is 18.0 Å². The standard InChI is InChI=1S/C10H11F3N6/c11-10(12,13)9-16-15-7-1-2-8(17-19(7)9)18-4-3-6(14)5-18/h1-2,6H,3-5,14H2. The van der Waals surface area contributed by atoms with Crippen LogP contribution in [0.1, 0.15) is 12.2 Å². The molecule has 102 valence electrons. The molecule has 3 rings (SSSR count). The summed E-state index contributed by atoms with van der Waals surface area (Å²) >= 11 is 0. The predicted octanol–water partition coefficient (Wildman–Crippen LogP) is 0.680. The fraction of sp³-hybridized carbons (Fsp3) is 0.500.